The Morgan fingerprint density at radius 3 is 1.96 bits per heavy atom. The minimum Gasteiger partial charge on any atom is -0.423 e. The second-order valence-corrected chi connectivity index (χ2v) is 5.39. The lowest BCUT2D eigenvalue weighted by Gasteiger charge is -2.04. The zero-order valence-electron chi connectivity index (χ0n) is 13.8. The number of hydrogen-bond acceptors (Lipinski definition) is 4. The summed E-state index contributed by atoms with van der Waals surface area (Å²) in [5.74, 6) is -0.262. The Kier molecular flexibility index (Phi) is 5.52. The molecule has 0 aliphatic carbocycles. The number of hydrogen-bond donors (Lipinski definition) is 1. The average Bonchev–Trinajstić information content (AvgIpc) is 2.70. The Labute approximate surface area is 150 Å². The van der Waals surface area contributed by atoms with Crippen LogP contribution in [0.15, 0.2) is 90.0 Å². The van der Waals surface area contributed by atoms with Gasteiger partial charge in [0.25, 0.3) is 5.91 Å². The van der Waals surface area contributed by atoms with Gasteiger partial charge in [0.05, 0.1) is 11.8 Å². The van der Waals surface area contributed by atoms with Crippen LogP contribution in [-0.2, 0) is 0 Å². The van der Waals surface area contributed by atoms with Gasteiger partial charge in [-0.25, -0.2) is 10.2 Å². The standard InChI is InChI=1S/C21H16N2O3/c24-20(17-7-3-1-4-8-17)23-22-15-16-11-13-19(14-12-16)26-21(25)18-9-5-2-6-10-18/h1-15H,(H,23,24). The molecule has 0 aliphatic rings. The van der Waals surface area contributed by atoms with Crippen LogP contribution < -0.4 is 10.2 Å². The number of esters is 1. The van der Waals surface area contributed by atoms with Crippen LogP contribution in [0.5, 0.6) is 5.75 Å². The molecule has 3 aromatic carbocycles. The van der Waals surface area contributed by atoms with Crippen molar-refractivity contribution in [2.45, 2.75) is 0 Å². The number of ether oxygens (including phenoxy) is 1. The van der Waals surface area contributed by atoms with Crippen molar-refractivity contribution in [3.8, 4) is 5.75 Å². The van der Waals surface area contributed by atoms with Gasteiger partial charge in [-0.05, 0) is 54.1 Å². The summed E-state index contributed by atoms with van der Waals surface area (Å²) >= 11 is 0. The molecule has 3 aromatic rings. The highest BCUT2D eigenvalue weighted by Crippen LogP contribution is 2.13. The maximum atomic E-state index is 12.0. The first-order chi connectivity index (χ1) is 12.7. The van der Waals surface area contributed by atoms with E-state index in [1.807, 2.05) is 12.1 Å². The molecule has 5 nitrogen and oxygen atoms in total. The van der Waals surface area contributed by atoms with Gasteiger partial charge in [-0.15, -0.1) is 0 Å². The quantitative estimate of drug-likeness (QED) is 0.332. The molecule has 26 heavy (non-hydrogen) atoms. The normalized spacial score (nSPS) is 10.5. The van der Waals surface area contributed by atoms with E-state index in [0.717, 1.165) is 5.56 Å². The van der Waals surface area contributed by atoms with Crippen molar-refractivity contribution in [3.05, 3.63) is 102 Å². The Balaban J connectivity index is 1.56. The van der Waals surface area contributed by atoms with Crippen LogP contribution in [-0.4, -0.2) is 18.1 Å². The molecule has 0 heterocycles. The summed E-state index contributed by atoms with van der Waals surface area (Å²) in [6.45, 7) is 0. The first kappa shape index (κ1) is 17.1. The SMILES string of the molecule is O=C(NN=Cc1ccc(OC(=O)c2ccccc2)cc1)c1ccccc1. The second kappa shape index (κ2) is 8.39. The number of nitrogens with one attached hydrogen (secondary N) is 1. The highest BCUT2D eigenvalue weighted by atomic mass is 16.5. The third-order valence-electron chi connectivity index (χ3n) is 3.52. The zero-order valence-corrected chi connectivity index (χ0v) is 13.8. The van der Waals surface area contributed by atoms with Gasteiger partial charge in [-0.1, -0.05) is 36.4 Å². The van der Waals surface area contributed by atoms with E-state index >= 15 is 0 Å². The molecule has 0 atom stereocenters. The number of rotatable bonds is 5. The molecule has 5 heteroatoms. The molecular weight excluding hydrogens is 328 g/mol. The third kappa shape index (κ3) is 4.64. The summed E-state index contributed by atoms with van der Waals surface area (Å²) in [4.78, 5) is 23.8. The molecule has 1 N–H and O–H groups in total. The highest BCUT2D eigenvalue weighted by Gasteiger charge is 2.07. The van der Waals surface area contributed by atoms with Crippen molar-refractivity contribution in [2.24, 2.45) is 5.10 Å². The van der Waals surface area contributed by atoms with Gasteiger partial charge in [0.1, 0.15) is 5.75 Å². The maximum Gasteiger partial charge on any atom is 0.343 e. The number of benzene rings is 3. The molecule has 0 saturated carbocycles. The van der Waals surface area contributed by atoms with Gasteiger partial charge in [0.15, 0.2) is 0 Å². The Bertz CT molecular complexity index is 905. The summed E-state index contributed by atoms with van der Waals surface area (Å²) in [6, 6.07) is 24.4. The maximum absolute atomic E-state index is 12.0. The Hall–Kier alpha value is -3.73. The van der Waals surface area contributed by atoms with Gasteiger partial charge in [-0.3, -0.25) is 4.79 Å². The number of carbonyl (C=O) groups is 2. The van der Waals surface area contributed by atoms with Crippen LogP contribution in [0.1, 0.15) is 26.3 Å². The van der Waals surface area contributed by atoms with E-state index in [1.165, 1.54) is 6.21 Å². The van der Waals surface area contributed by atoms with Crippen molar-refractivity contribution in [1.29, 1.82) is 0 Å². The summed E-state index contributed by atoms with van der Waals surface area (Å²) in [5.41, 5.74) is 4.25. The van der Waals surface area contributed by atoms with Crippen LogP contribution >= 0.6 is 0 Å². The fourth-order valence-corrected chi connectivity index (χ4v) is 2.18. The number of amides is 1. The second-order valence-electron chi connectivity index (χ2n) is 5.39. The topological polar surface area (TPSA) is 67.8 Å². The third-order valence-corrected chi connectivity index (χ3v) is 3.52. The van der Waals surface area contributed by atoms with E-state index in [2.05, 4.69) is 10.5 Å². The molecular formula is C21H16N2O3. The van der Waals surface area contributed by atoms with Gasteiger partial charge in [0, 0.05) is 5.56 Å². The lowest BCUT2D eigenvalue weighted by atomic mass is 10.2. The van der Waals surface area contributed by atoms with E-state index in [-0.39, 0.29) is 5.91 Å². The fraction of sp³-hybridized carbons (Fsp3) is 0. The van der Waals surface area contributed by atoms with Crippen LogP contribution in [0.3, 0.4) is 0 Å². The summed E-state index contributed by atoms with van der Waals surface area (Å²) in [5, 5.41) is 3.92. The molecule has 128 valence electrons. The Morgan fingerprint density at radius 2 is 1.35 bits per heavy atom. The first-order valence-corrected chi connectivity index (χ1v) is 7.98. The van der Waals surface area contributed by atoms with E-state index < -0.39 is 5.97 Å². The molecule has 0 aliphatic heterocycles. The van der Waals surface area contributed by atoms with Gasteiger partial charge in [0.2, 0.25) is 0 Å². The molecule has 0 unspecified atom stereocenters. The molecule has 0 aromatic heterocycles. The van der Waals surface area contributed by atoms with Crippen LogP contribution in [0.2, 0.25) is 0 Å². The van der Waals surface area contributed by atoms with E-state index in [0.29, 0.717) is 16.9 Å². The number of hydrazone groups is 1. The minimum absolute atomic E-state index is 0.282. The van der Waals surface area contributed by atoms with Crippen molar-refractivity contribution in [2.75, 3.05) is 0 Å². The van der Waals surface area contributed by atoms with Crippen LogP contribution in [0, 0.1) is 0 Å². The predicted octanol–water partition coefficient (Wildman–Crippen LogP) is 3.67. The largest absolute Gasteiger partial charge is 0.423 e. The van der Waals surface area contributed by atoms with Crippen LogP contribution in [0.4, 0.5) is 0 Å². The predicted molar refractivity (Wildman–Crippen MR) is 99.3 cm³/mol. The van der Waals surface area contributed by atoms with Crippen molar-refractivity contribution in [3.63, 3.8) is 0 Å². The zero-order chi connectivity index (χ0) is 18.2. The summed E-state index contributed by atoms with van der Waals surface area (Å²) in [6.07, 6.45) is 1.52. The molecule has 0 saturated heterocycles. The van der Waals surface area contributed by atoms with E-state index in [4.69, 9.17) is 4.74 Å². The van der Waals surface area contributed by atoms with Gasteiger partial charge >= 0.3 is 5.97 Å². The lowest BCUT2D eigenvalue weighted by molar-refractivity contribution is 0.0734. The van der Waals surface area contributed by atoms with E-state index in [1.54, 1.807) is 72.8 Å². The fourth-order valence-electron chi connectivity index (χ4n) is 2.18. The molecule has 0 radical (unpaired) electrons. The summed E-state index contributed by atoms with van der Waals surface area (Å²) < 4.78 is 5.30. The number of nitrogens with zero attached hydrogens (tertiary/aromatic N) is 1. The van der Waals surface area contributed by atoms with Crippen molar-refractivity contribution < 1.29 is 14.3 Å². The van der Waals surface area contributed by atoms with Crippen LogP contribution in [0.25, 0.3) is 0 Å². The van der Waals surface area contributed by atoms with Gasteiger partial charge in [-0.2, -0.15) is 5.10 Å². The summed E-state index contributed by atoms with van der Waals surface area (Å²) in [7, 11) is 0. The average molecular weight is 344 g/mol. The van der Waals surface area contributed by atoms with Crippen molar-refractivity contribution >= 4 is 18.1 Å². The molecule has 0 spiro atoms. The van der Waals surface area contributed by atoms with Gasteiger partial charge < -0.3 is 4.74 Å². The number of carbonyl (C=O) groups excluding carboxylic acids is 2. The van der Waals surface area contributed by atoms with E-state index in [9.17, 15) is 9.59 Å². The van der Waals surface area contributed by atoms with Crippen molar-refractivity contribution in [1.82, 2.24) is 5.43 Å². The minimum atomic E-state index is -0.415. The molecule has 1 amide bonds. The Morgan fingerprint density at radius 1 is 0.769 bits per heavy atom. The molecule has 3 rings (SSSR count). The highest BCUT2D eigenvalue weighted by molar-refractivity contribution is 5.95. The smallest absolute Gasteiger partial charge is 0.343 e. The lowest BCUT2D eigenvalue weighted by Crippen LogP contribution is -2.17. The first-order valence-electron chi connectivity index (χ1n) is 7.98. The monoisotopic (exact) mass is 344 g/mol. The molecule has 0 fully saturated rings. The molecule has 0 bridgehead atoms.